The van der Waals surface area contributed by atoms with Crippen LogP contribution >= 0.6 is 0 Å². The number of phenolic OH excluding ortho intramolecular Hbond substituents is 1. The van der Waals surface area contributed by atoms with E-state index in [-0.39, 0.29) is 0 Å². The summed E-state index contributed by atoms with van der Waals surface area (Å²) in [6.45, 7) is 2.14. The van der Waals surface area contributed by atoms with Crippen LogP contribution in [0.15, 0.2) is 54.6 Å². The smallest absolute Gasteiger partial charge is 0.115 e. The van der Waals surface area contributed by atoms with E-state index >= 15 is 0 Å². The van der Waals surface area contributed by atoms with E-state index in [0.29, 0.717) is 11.2 Å². The lowest BCUT2D eigenvalue weighted by Crippen LogP contribution is -2.56. The highest BCUT2D eigenvalue weighted by Gasteiger charge is 2.36. The predicted molar refractivity (Wildman–Crippen MR) is 77.3 cm³/mol. The minimum Gasteiger partial charge on any atom is -0.508 e. The molecule has 19 heavy (non-hydrogen) atoms. The fourth-order valence-electron chi connectivity index (χ4n) is 2.87. The molecule has 2 aromatic carbocycles. The Morgan fingerprint density at radius 1 is 0.842 bits per heavy atom. The van der Waals surface area contributed by atoms with Gasteiger partial charge in [-0.3, -0.25) is 0 Å². The molecule has 2 N–H and O–H groups in total. The Bertz CT molecular complexity index is 529. The molecule has 1 heterocycles. The molecule has 0 aromatic heterocycles. The molecule has 0 spiro atoms. The third-order valence-electron chi connectivity index (χ3n) is 3.94. The Morgan fingerprint density at radius 3 is 1.95 bits per heavy atom. The molecule has 1 saturated heterocycles. The molecular weight excluding hydrogens is 234 g/mol. The van der Waals surface area contributed by atoms with Gasteiger partial charge in [-0.05, 0) is 36.1 Å². The van der Waals surface area contributed by atoms with Crippen LogP contribution in [-0.4, -0.2) is 18.2 Å². The van der Waals surface area contributed by atoms with Crippen LogP contribution in [-0.2, 0) is 12.8 Å². The van der Waals surface area contributed by atoms with Crippen LogP contribution in [0.3, 0.4) is 0 Å². The van der Waals surface area contributed by atoms with Crippen LogP contribution in [0.5, 0.6) is 5.75 Å². The van der Waals surface area contributed by atoms with Crippen molar-refractivity contribution in [3.05, 3.63) is 65.7 Å². The van der Waals surface area contributed by atoms with Crippen LogP contribution in [0.1, 0.15) is 11.1 Å². The van der Waals surface area contributed by atoms with E-state index in [1.807, 2.05) is 12.1 Å². The first kappa shape index (κ1) is 12.2. The van der Waals surface area contributed by atoms with E-state index in [0.717, 1.165) is 25.9 Å². The van der Waals surface area contributed by atoms with Crippen molar-refractivity contribution in [3.8, 4) is 5.75 Å². The minimum atomic E-state index is 0.332. The molecule has 0 radical (unpaired) electrons. The topological polar surface area (TPSA) is 32.3 Å². The van der Waals surface area contributed by atoms with E-state index in [9.17, 15) is 5.11 Å². The summed E-state index contributed by atoms with van der Waals surface area (Å²) >= 11 is 0. The summed E-state index contributed by atoms with van der Waals surface area (Å²) in [5, 5.41) is 12.8. The number of hydrogen-bond donors (Lipinski definition) is 2. The second kappa shape index (κ2) is 5.06. The highest BCUT2D eigenvalue weighted by atomic mass is 16.3. The third kappa shape index (κ3) is 2.79. The summed E-state index contributed by atoms with van der Waals surface area (Å²) in [4.78, 5) is 0. The molecule has 0 atom stereocenters. The Balaban J connectivity index is 1.74. The number of nitrogens with one attached hydrogen (secondary N) is 1. The largest absolute Gasteiger partial charge is 0.508 e. The van der Waals surface area contributed by atoms with Crippen LogP contribution < -0.4 is 5.32 Å². The summed E-state index contributed by atoms with van der Waals surface area (Å²) in [5.74, 6) is 0.340. The lowest BCUT2D eigenvalue weighted by molar-refractivity contribution is 0.166. The molecule has 1 aliphatic rings. The third-order valence-corrected chi connectivity index (χ3v) is 3.94. The Morgan fingerprint density at radius 2 is 1.42 bits per heavy atom. The zero-order valence-electron chi connectivity index (χ0n) is 11.0. The lowest BCUT2D eigenvalue weighted by atomic mass is 9.72. The molecule has 2 aromatic rings. The second-order valence-electron chi connectivity index (χ2n) is 5.61. The molecule has 0 bridgehead atoms. The molecule has 3 rings (SSSR count). The average molecular weight is 253 g/mol. The summed E-state index contributed by atoms with van der Waals surface area (Å²) in [6, 6.07) is 18.3. The van der Waals surface area contributed by atoms with Crippen molar-refractivity contribution in [2.75, 3.05) is 13.1 Å². The molecule has 2 nitrogen and oxygen atoms in total. The quantitative estimate of drug-likeness (QED) is 0.878. The summed E-state index contributed by atoms with van der Waals surface area (Å²) in [7, 11) is 0. The predicted octanol–water partition coefficient (Wildman–Crippen LogP) is 2.77. The maximum Gasteiger partial charge on any atom is 0.115 e. The van der Waals surface area contributed by atoms with Crippen molar-refractivity contribution in [1.29, 1.82) is 0 Å². The summed E-state index contributed by atoms with van der Waals surface area (Å²) in [6.07, 6.45) is 2.18. The normalized spacial score (nSPS) is 16.8. The van der Waals surface area contributed by atoms with Gasteiger partial charge in [-0.2, -0.15) is 0 Å². The van der Waals surface area contributed by atoms with Gasteiger partial charge in [-0.25, -0.2) is 0 Å². The highest BCUT2D eigenvalue weighted by Crippen LogP contribution is 2.32. The highest BCUT2D eigenvalue weighted by molar-refractivity contribution is 5.28. The Hall–Kier alpha value is -1.80. The zero-order valence-corrected chi connectivity index (χ0v) is 11.0. The molecule has 0 aliphatic carbocycles. The first-order valence-corrected chi connectivity index (χ1v) is 6.78. The molecule has 0 saturated carbocycles. The van der Waals surface area contributed by atoms with Crippen LogP contribution in [0.4, 0.5) is 0 Å². The Kier molecular flexibility index (Phi) is 3.26. The number of hydrogen-bond acceptors (Lipinski definition) is 2. The summed E-state index contributed by atoms with van der Waals surface area (Å²) < 4.78 is 0. The number of phenols is 1. The van der Waals surface area contributed by atoms with Gasteiger partial charge in [0.05, 0.1) is 0 Å². The fraction of sp³-hybridized carbons (Fsp3) is 0.294. The second-order valence-corrected chi connectivity index (χ2v) is 5.61. The first-order valence-electron chi connectivity index (χ1n) is 6.78. The lowest BCUT2D eigenvalue weighted by Gasteiger charge is -2.43. The number of rotatable bonds is 4. The average Bonchev–Trinajstić information content (AvgIpc) is 2.40. The summed E-state index contributed by atoms with van der Waals surface area (Å²) in [5.41, 5.74) is 3.04. The molecule has 1 aliphatic heterocycles. The van der Waals surface area contributed by atoms with Crippen LogP contribution in [0.2, 0.25) is 0 Å². The van der Waals surface area contributed by atoms with Crippen molar-refractivity contribution in [3.63, 3.8) is 0 Å². The molecule has 0 unspecified atom stereocenters. The van der Waals surface area contributed by atoms with E-state index < -0.39 is 0 Å². The van der Waals surface area contributed by atoms with Gasteiger partial charge in [0.25, 0.3) is 0 Å². The monoisotopic (exact) mass is 253 g/mol. The van der Waals surface area contributed by atoms with Gasteiger partial charge in [0.2, 0.25) is 0 Å². The Labute approximate surface area is 114 Å². The van der Waals surface area contributed by atoms with Gasteiger partial charge in [0, 0.05) is 18.5 Å². The molecule has 2 heteroatoms. The van der Waals surface area contributed by atoms with E-state index in [2.05, 4.69) is 35.6 Å². The van der Waals surface area contributed by atoms with Gasteiger partial charge in [0.15, 0.2) is 0 Å². The van der Waals surface area contributed by atoms with E-state index in [4.69, 9.17) is 0 Å². The molecule has 98 valence electrons. The number of benzene rings is 2. The van der Waals surface area contributed by atoms with Crippen molar-refractivity contribution in [1.82, 2.24) is 5.32 Å². The van der Waals surface area contributed by atoms with Gasteiger partial charge in [0.1, 0.15) is 5.75 Å². The van der Waals surface area contributed by atoms with Crippen molar-refractivity contribution in [2.24, 2.45) is 5.41 Å². The van der Waals surface area contributed by atoms with Gasteiger partial charge in [-0.15, -0.1) is 0 Å². The van der Waals surface area contributed by atoms with Crippen molar-refractivity contribution < 1.29 is 5.11 Å². The first-order chi connectivity index (χ1) is 9.26. The SMILES string of the molecule is Oc1ccc(CC2(Cc3ccccc3)CNC2)cc1. The van der Waals surface area contributed by atoms with Crippen LogP contribution in [0, 0.1) is 5.41 Å². The maximum absolute atomic E-state index is 9.35. The minimum absolute atomic E-state index is 0.332. The van der Waals surface area contributed by atoms with Gasteiger partial charge >= 0.3 is 0 Å². The molecule has 0 amide bonds. The van der Waals surface area contributed by atoms with E-state index in [1.165, 1.54) is 11.1 Å². The van der Waals surface area contributed by atoms with Gasteiger partial charge in [-0.1, -0.05) is 42.5 Å². The van der Waals surface area contributed by atoms with Crippen LogP contribution in [0.25, 0.3) is 0 Å². The zero-order chi connectivity index (χ0) is 13.1. The molecular formula is C17H19NO. The number of aromatic hydroxyl groups is 1. The molecule has 1 fully saturated rings. The van der Waals surface area contributed by atoms with Gasteiger partial charge < -0.3 is 10.4 Å². The van der Waals surface area contributed by atoms with Crippen molar-refractivity contribution in [2.45, 2.75) is 12.8 Å². The maximum atomic E-state index is 9.35. The van der Waals surface area contributed by atoms with Crippen molar-refractivity contribution >= 4 is 0 Å². The standard InChI is InChI=1S/C17H19NO/c19-16-8-6-15(7-9-16)11-17(12-18-13-17)10-14-4-2-1-3-5-14/h1-9,18-19H,10-13H2. The van der Waals surface area contributed by atoms with E-state index in [1.54, 1.807) is 12.1 Å². The fourth-order valence-corrected chi connectivity index (χ4v) is 2.87.